The number of fused-ring (bicyclic) bond motifs is 2. The number of nitriles is 1. The average molecular weight is 1120 g/mol. The molecule has 0 amide bonds. The van der Waals surface area contributed by atoms with Gasteiger partial charge in [-0.3, -0.25) is 5.04 Å². The summed E-state index contributed by atoms with van der Waals surface area (Å²) >= 11 is 0.918. The predicted octanol–water partition coefficient (Wildman–Crippen LogP) is -7.12. The number of nitrogens with one attached hydrogen (secondary N) is 2. The van der Waals surface area contributed by atoms with Crippen LogP contribution in [0.5, 0.6) is 0 Å². The number of anilines is 4. The third-order valence-corrected chi connectivity index (χ3v) is 14.9. The number of nitrogens with zero attached hydrogens (tertiary/aromatic N) is 7. The van der Waals surface area contributed by atoms with Gasteiger partial charge in [0.2, 0.25) is 5.13 Å². The van der Waals surface area contributed by atoms with Crippen LogP contribution in [0.3, 0.4) is 0 Å². The molecule has 0 aliphatic rings. The smallest absolute Gasteiger partial charge is 0.744 e. The fourth-order valence-corrected chi connectivity index (χ4v) is 10.5. The second kappa shape index (κ2) is 27.3. The Morgan fingerprint density at radius 2 is 1.16 bits per heavy atom. The van der Waals surface area contributed by atoms with E-state index in [1.54, 1.807) is 24.3 Å². The maximum atomic E-state index is 12.6. The van der Waals surface area contributed by atoms with Crippen molar-refractivity contribution < 1.29 is 161 Å². The fraction of sp³-hybridized carbons (Fsp3) is 0.0238. The number of azo groups is 2. The van der Waals surface area contributed by atoms with Crippen molar-refractivity contribution in [1.29, 1.82) is 5.26 Å². The number of benzene rings is 6. The van der Waals surface area contributed by atoms with Crippen LogP contribution in [0.2, 0.25) is 0 Å². The van der Waals surface area contributed by atoms with Crippen LogP contribution in [-0.4, -0.2) is 61.9 Å². The summed E-state index contributed by atoms with van der Waals surface area (Å²) in [6, 6.07) is 27.3. The monoisotopic (exact) mass is 1120 g/mol. The maximum absolute atomic E-state index is 12.6. The third kappa shape index (κ3) is 16.0. The minimum atomic E-state index is -5.43. The molecule has 0 saturated heterocycles. The van der Waals surface area contributed by atoms with Crippen LogP contribution in [-0.2, 0) is 49.8 Å². The zero-order valence-corrected chi connectivity index (χ0v) is 45.6. The first kappa shape index (κ1) is 67.0. The molecule has 8 rings (SSSR count). The molecule has 6 aromatic carbocycles. The Hall–Kier alpha value is -4.23. The first-order valence-electron chi connectivity index (χ1n) is 19.6. The van der Waals surface area contributed by atoms with E-state index >= 15 is 0 Å². The van der Waals surface area contributed by atoms with Crippen molar-refractivity contribution in [2.45, 2.75) is 31.4 Å². The second-order valence-corrected chi connectivity index (χ2v) is 21.9. The Morgan fingerprint density at radius 3 is 1.70 bits per heavy atom. The van der Waals surface area contributed by atoms with Crippen molar-refractivity contribution in [2.24, 2.45) is 20.5 Å². The average Bonchev–Trinajstić information content (AvgIpc) is 3.74. The zero-order chi connectivity index (χ0) is 51.8. The molecule has 2 heterocycles. The van der Waals surface area contributed by atoms with Gasteiger partial charge in [0.1, 0.15) is 57.9 Å². The summed E-state index contributed by atoms with van der Waals surface area (Å²) in [4.78, 5) is 5.82. The van der Waals surface area contributed by atoms with Crippen LogP contribution in [0.25, 0.3) is 32.8 Å². The summed E-state index contributed by atoms with van der Waals surface area (Å²) in [5.74, 6) is -0.190. The van der Waals surface area contributed by atoms with Crippen LogP contribution in [0.4, 0.5) is 44.5 Å². The molecule has 0 spiro atoms. The number of hydrogen-bond acceptors (Lipinski definition) is 26. The number of hydrogen-bond donors (Lipinski definition) is 2. The minimum absolute atomic E-state index is 0. The van der Waals surface area contributed by atoms with Gasteiger partial charge in [-0.05, 0) is 96.6 Å². The number of aromatic nitrogens is 2. The molecule has 0 aliphatic heterocycles. The quantitative estimate of drug-likeness (QED) is 0.0227. The molecule has 24 nitrogen and oxygen atoms in total. The van der Waals surface area contributed by atoms with Crippen molar-refractivity contribution in [2.75, 3.05) is 10.6 Å². The van der Waals surface area contributed by atoms with Crippen molar-refractivity contribution in [1.82, 2.24) is 9.97 Å². The van der Waals surface area contributed by atoms with Crippen molar-refractivity contribution in [3.8, 4) is 17.3 Å². The summed E-state index contributed by atoms with van der Waals surface area (Å²) in [5, 5.41) is 47.5. The summed E-state index contributed by atoms with van der Waals surface area (Å²) in [5.41, 5.74) is 0.575. The first-order valence-corrected chi connectivity index (χ1v) is 26.8. The Bertz CT molecular complexity index is 4090. The molecule has 0 radical (unpaired) electrons. The molecule has 368 valence electrons. The molecule has 8 aromatic rings. The van der Waals surface area contributed by atoms with Gasteiger partial charge in [0, 0.05) is 38.2 Å². The number of thiazole rings is 1. The summed E-state index contributed by atoms with van der Waals surface area (Å²) in [6.07, 6.45) is 0. The third-order valence-electron chi connectivity index (χ3n) is 10.1. The van der Waals surface area contributed by atoms with Gasteiger partial charge in [0.15, 0.2) is 16.6 Å². The topological polar surface area (TPSA) is 393 Å². The molecule has 2 aromatic heterocycles. The van der Waals surface area contributed by atoms with Crippen LogP contribution in [0.1, 0.15) is 11.1 Å². The van der Waals surface area contributed by atoms with E-state index in [1.807, 2.05) is 24.3 Å². The molecule has 0 unspecified atom stereocenters. The summed E-state index contributed by atoms with van der Waals surface area (Å²) in [6.45, 7) is 1.49. The largest absolute Gasteiger partial charge is 1.00 e. The van der Waals surface area contributed by atoms with Crippen LogP contribution >= 0.6 is 23.4 Å². The Kier molecular flexibility index (Phi) is 23.8. The van der Waals surface area contributed by atoms with Gasteiger partial charge in [0.25, 0.3) is 0 Å². The minimum Gasteiger partial charge on any atom is -0.744 e. The molecule has 0 aliphatic carbocycles. The maximum Gasteiger partial charge on any atom is 1.00 e. The summed E-state index contributed by atoms with van der Waals surface area (Å²) < 4.78 is 149. The van der Waals surface area contributed by atoms with Crippen molar-refractivity contribution >= 4 is 130 Å². The zero-order valence-electron chi connectivity index (χ0n) is 40.7. The predicted molar refractivity (Wildman–Crippen MR) is 250 cm³/mol. The molecule has 0 saturated carbocycles. The number of rotatable bonds is 16. The van der Waals surface area contributed by atoms with Gasteiger partial charge in [0.05, 0.1) is 42.9 Å². The fourth-order valence-electron chi connectivity index (χ4n) is 6.87. The van der Waals surface area contributed by atoms with E-state index in [4.69, 9.17) is 0 Å². The molecule has 0 bridgehead atoms. The van der Waals surface area contributed by atoms with E-state index in [0.29, 0.717) is 5.56 Å². The van der Waals surface area contributed by atoms with Gasteiger partial charge in [-0.15, -0.1) is 20.5 Å². The first-order chi connectivity index (χ1) is 34.0. The SMILES string of the molecule is Cc1c(C#N)c(Nc2ccc(S(=O)(=O)[O-])cc2)nc(Nc2ccc(S(=O)(=O)[O-])cc2)c1N=Nc1nc(-c2ccc3ccccc3c2)c(N=Nc2cc(S(=O)(=O)[O-])c3cc(SOO[O-])cc(S(=O)(=O)[O-])c3c2)s1.[Li+].[Li+].[Li+].[Li+].[Li+]. The van der Waals surface area contributed by atoms with Gasteiger partial charge in [-0.2, -0.15) is 9.60 Å². The Balaban J connectivity index is 0.00000312. The van der Waals surface area contributed by atoms with E-state index in [-0.39, 0.29) is 167 Å². The van der Waals surface area contributed by atoms with E-state index in [0.717, 1.165) is 70.6 Å². The molecule has 77 heavy (non-hydrogen) atoms. The van der Waals surface area contributed by atoms with Gasteiger partial charge >= 0.3 is 94.3 Å². The van der Waals surface area contributed by atoms with E-state index in [9.17, 15) is 62.4 Å². The molecule has 35 heteroatoms. The van der Waals surface area contributed by atoms with Crippen LogP contribution in [0.15, 0.2) is 160 Å². The number of pyridine rings is 1. The van der Waals surface area contributed by atoms with Crippen molar-refractivity contribution in [3.63, 3.8) is 0 Å². The molecule has 0 atom stereocenters. The Morgan fingerprint density at radius 1 is 0.610 bits per heavy atom. The van der Waals surface area contributed by atoms with Gasteiger partial charge in [-0.1, -0.05) is 47.7 Å². The molecular weight excluding hydrogens is 1100 g/mol. The van der Waals surface area contributed by atoms with Crippen molar-refractivity contribution in [3.05, 3.63) is 126 Å². The van der Waals surface area contributed by atoms with E-state index in [1.165, 1.54) is 31.2 Å². The van der Waals surface area contributed by atoms with Gasteiger partial charge < -0.3 is 34.1 Å². The standard InChI is InChI=1S/C42H29N9O15S6.5Li/c1-22-34(21-43)39(44-26-8-12-30(13-9-26)69(53,54)55)47-40(45-27-10-14-31(15-11-27)70(56,57)58)37(22)49-51-42-46-38(25-7-6-23-4-2-3-5-24(23)16-25)41(67-42)50-48-28-17-32-33(35(18-28)71(59,60)61)19-29(68-66-65-52)20-36(32)72(62,63)64;;;;;/h2-20,52H,1H3,(H2,44,45,47)(H,53,54,55)(H,56,57,58)(H,59,60,61)(H,62,63,64);;;;;/q;5*+1/p-5. The second-order valence-electron chi connectivity index (χ2n) is 14.7. The van der Waals surface area contributed by atoms with Gasteiger partial charge in [-0.25, -0.2) is 43.6 Å². The van der Waals surface area contributed by atoms with E-state index < -0.39 is 76.5 Å². The molecular formula is C42H24Li5N9O15S6. The molecule has 0 fully saturated rings. The van der Waals surface area contributed by atoms with Crippen LogP contribution < -0.4 is 110 Å². The van der Waals surface area contributed by atoms with E-state index in [2.05, 4.69) is 50.4 Å². The normalized spacial score (nSPS) is 11.7. The molecule has 2 N–H and O–H groups in total. The Labute approximate surface area is 506 Å². The summed E-state index contributed by atoms with van der Waals surface area (Å²) in [7, 11) is -20.4. The van der Waals surface area contributed by atoms with Crippen LogP contribution in [0, 0.1) is 18.3 Å².